The van der Waals surface area contributed by atoms with Crippen molar-refractivity contribution in [2.24, 2.45) is 4.99 Å². The minimum atomic E-state index is -0.291. The summed E-state index contributed by atoms with van der Waals surface area (Å²) in [5, 5.41) is 7.08. The van der Waals surface area contributed by atoms with Gasteiger partial charge >= 0.3 is 0 Å². The van der Waals surface area contributed by atoms with Gasteiger partial charge in [0.1, 0.15) is 5.15 Å². The van der Waals surface area contributed by atoms with Crippen molar-refractivity contribution in [3.63, 3.8) is 0 Å². The molecule has 1 fully saturated rings. The summed E-state index contributed by atoms with van der Waals surface area (Å²) in [7, 11) is 1.72. The molecular formula is C17H21ClFIN6. The molecular weight excluding hydrogens is 470 g/mol. The molecule has 3 heterocycles. The quantitative estimate of drug-likeness (QED) is 0.299. The fourth-order valence-electron chi connectivity index (χ4n) is 2.77. The first-order chi connectivity index (χ1) is 12.2. The summed E-state index contributed by atoms with van der Waals surface area (Å²) < 4.78 is 13.9. The monoisotopic (exact) mass is 490 g/mol. The molecule has 1 unspecified atom stereocenters. The highest BCUT2D eigenvalue weighted by atomic mass is 127. The molecule has 0 saturated carbocycles. The van der Waals surface area contributed by atoms with Crippen LogP contribution >= 0.6 is 35.6 Å². The summed E-state index contributed by atoms with van der Waals surface area (Å²) in [4.78, 5) is 14.4. The van der Waals surface area contributed by atoms with E-state index in [1.54, 1.807) is 31.6 Å². The van der Waals surface area contributed by atoms with Crippen LogP contribution in [0, 0.1) is 5.82 Å². The van der Waals surface area contributed by atoms with Crippen LogP contribution in [0.5, 0.6) is 0 Å². The highest BCUT2D eigenvalue weighted by Gasteiger charge is 2.25. The molecule has 1 atom stereocenters. The van der Waals surface area contributed by atoms with E-state index in [2.05, 4.69) is 25.6 Å². The van der Waals surface area contributed by atoms with Crippen molar-refractivity contribution < 1.29 is 4.39 Å². The molecule has 1 aliphatic rings. The smallest absolute Gasteiger partial charge is 0.191 e. The predicted molar refractivity (Wildman–Crippen MR) is 113 cm³/mol. The Bertz CT molecular complexity index is 742. The Hall–Kier alpha value is -1.68. The second kappa shape index (κ2) is 9.86. The number of halogens is 3. The number of rotatable bonds is 4. The third kappa shape index (κ3) is 5.41. The van der Waals surface area contributed by atoms with Gasteiger partial charge in [0.15, 0.2) is 17.6 Å². The molecule has 3 rings (SSSR count). The highest BCUT2D eigenvalue weighted by molar-refractivity contribution is 14.0. The number of hydrogen-bond donors (Lipinski definition) is 2. The summed E-state index contributed by atoms with van der Waals surface area (Å²) in [6, 6.07) is 6.88. The molecule has 0 aromatic carbocycles. The molecule has 0 spiro atoms. The number of pyridine rings is 2. The maximum atomic E-state index is 13.9. The Labute approximate surface area is 174 Å². The topological polar surface area (TPSA) is 65.4 Å². The van der Waals surface area contributed by atoms with Crippen LogP contribution in [0.2, 0.25) is 5.15 Å². The van der Waals surface area contributed by atoms with Crippen molar-refractivity contribution in [1.82, 2.24) is 20.6 Å². The molecule has 140 valence electrons. The van der Waals surface area contributed by atoms with Crippen molar-refractivity contribution in [2.75, 3.05) is 25.0 Å². The second-order valence-electron chi connectivity index (χ2n) is 5.80. The Morgan fingerprint density at radius 3 is 2.92 bits per heavy atom. The standard InChI is InChI=1S/C17H20ClFN6.HI/c1-20-17(23-10-12-4-5-15(18)22-9-12)24-13-6-8-25(11-13)16-14(19)3-2-7-21-16;/h2-5,7,9,13H,6,8,10-11H2,1H3,(H2,20,23,24);1H. The van der Waals surface area contributed by atoms with Crippen LogP contribution < -0.4 is 15.5 Å². The molecule has 1 saturated heterocycles. The summed E-state index contributed by atoms with van der Waals surface area (Å²) in [5.74, 6) is 0.811. The van der Waals surface area contributed by atoms with E-state index in [0.29, 0.717) is 30.0 Å². The third-order valence-corrected chi connectivity index (χ3v) is 4.26. The lowest BCUT2D eigenvalue weighted by atomic mass is 10.2. The van der Waals surface area contributed by atoms with Crippen molar-refractivity contribution in [1.29, 1.82) is 0 Å². The van der Waals surface area contributed by atoms with Gasteiger partial charge in [-0.05, 0) is 30.2 Å². The van der Waals surface area contributed by atoms with E-state index in [-0.39, 0.29) is 35.8 Å². The molecule has 2 aromatic heterocycles. The van der Waals surface area contributed by atoms with Gasteiger partial charge in [-0.25, -0.2) is 14.4 Å². The number of nitrogens with one attached hydrogen (secondary N) is 2. The summed E-state index contributed by atoms with van der Waals surface area (Å²) in [6.45, 7) is 2.02. The first-order valence-corrected chi connectivity index (χ1v) is 8.46. The van der Waals surface area contributed by atoms with Gasteiger partial charge in [0.2, 0.25) is 0 Å². The van der Waals surface area contributed by atoms with Crippen molar-refractivity contribution >= 4 is 47.4 Å². The zero-order valence-electron chi connectivity index (χ0n) is 14.3. The van der Waals surface area contributed by atoms with E-state index in [9.17, 15) is 4.39 Å². The summed E-state index contributed by atoms with van der Waals surface area (Å²) in [5.41, 5.74) is 1.01. The molecule has 0 amide bonds. The van der Waals surface area contributed by atoms with E-state index in [4.69, 9.17) is 11.6 Å². The van der Waals surface area contributed by atoms with Gasteiger partial charge in [0.05, 0.1) is 0 Å². The lowest BCUT2D eigenvalue weighted by Gasteiger charge is -2.20. The number of guanidine groups is 1. The first-order valence-electron chi connectivity index (χ1n) is 8.09. The highest BCUT2D eigenvalue weighted by Crippen LogP contribution is 2.20. The number of aromatic nitrogens is 2. The van der Waals surface area contributed by atoms with E-state index in [1.807, 2.05) is 11.0 Å². The fraction of sp³-hybridized carbons (Fsp3) is 0.353. The molecule has 2 N–H and O–H groups in total. The molecule has 6 nitrogen and oxygen atoms in total. The number of nitrogens with zero attached hydrogens (tertiary/aromatic N) is 4. The van der Waals surface area contributed by atoms with Crippen LogP contribution in [-0.2, 0) is 6.54 Å². The van der Waals surface area contributed by atoms with Gasteiger partial charge in [0.25, 0.3) is 0 Å². The van der Waals surface area contributed by atoms with Crippen LogP contribution in [0.4, 0.5) is 10.2 Å². The molecule has 9 heteroatoms. The maximum Gasteiger partial charge on any atom is 0.191 e. The van der Waals surface area contributed by atoms with E-state index in [0.717, 1.165) is 18.5 Å². The Balaban J connectivity index is 0.00000243. The van der Waals surface area contributed by atoms with Gasteiger partial charge in [-0.2, -0.15) is 0 Å². The zero-order valence-corrected chi connectivity index (χ0v) is 17.4. The van der Waals surface area contributed by atoms with Crippen LogP contribution in [0.25, 0.3) is 0 Å². The number of aliphatic imine (C=N–C) groups is 1. The molecule has 2 aromatic rings. The number of anilines is 1. The van der Waals surface area contributed by atoms with Gasteiger partial charge in [-0.15, -0.1) is 24.0 Å². The van der Waals surface area contributed by atoms with E-state index < -0.39 is 0 Å². The van der Waals surface area contributed by atoms with Crippen molar-refractivity contribution in [3.05, 3.63) is 53.2 Å². The fourth-order valence-corrected chi connectivity index (χ4v) is 2.88. The average Bonchev–Trinajstić information content (AvgIpc) is 3.08. The van der Waals surface area contributed by atoms with Crippen LogP contribution in [-0.4, -0.2) is 42.1 Å². The molecule has 0 aliphatic carbocycles. The zero-order chi connectivity index (χ0) is 17.6. The third-order valence-electron chi connectivity index (χ3n) is 4.04. The van der Waals surface area contributed by atoms with Gasteiger partial charge in [-0.1, -0.05) is 17.7 Å². The van der Waals surface area contributed by atoms with E-state index >= 15 is 0 Å². The Kier molecular flexibility index (Phi) is 7.83. The van der Waals surface area contributed by atoms with Gasteiger partial charge < -0.3 is 15.5 Å². The molecule has 26 heavy (non-hydrogen) atoms. The first kappa shape index (κ1) is 20.6. The normalized spacial score (nSPS) is 17.0. The van der Waals surface area contributed by atoms with Gasteiger partial charge in [-0.3, -0.25) is 4.99 Å². The minimum absolute atomic E-state index is 0. The van der Waals surface area contributed by atoms with E-state index in [1.165, 1.54) is 6.07 Å². The van der Waals surface area contributed by atoms with Gasteiger partial charge in [0, 0.05) is 45.1 Å². The SMILES string of the molecule is CN=C(NCc1ccc(Cl)nc1)NC1CCN(c2ncccc2F)C1.I. The lowest BCUT2D eigenvalue weighted by molar-refractivity contribution is 0.612. The van der Waals surface area contributed by atoms with Crippen molar-refractivity contribution in [2.45, 2.75) is 19.0 Å². The minimum Gasteiger partial charge on any atom is -0.352 e. The second-order valence-corrected chi connectivity index (χ2v) is 6.19. The Morgan fingerprint density at radius 2 is 2.23 bits per heavy atom. The van der Waals surface area contributed by atoms with Crippen LogP contribution in [0.3, 0.4) is 0 Å². The molecule has 0 radical (unpaired) electrons. The predicted octanol–water partition coefficient (Wildman–Crippen LogP) is 2.83. The average molecular weight is 491 g/mol. The summed E-state index contributed by atoms with van der Waals surface area (Å²) >= 11 is 5.79. The van der Waals surface area contributed by atoms with Crippen LogP contribution in [0.1, 0.15) is 12.0 Å². The Morgan fingerprint density at radius 1 is 1.38 bits per heavy atom. The lowest BCUT2D eigenvalue weighted by Crippen LogP contribution is -2.44. The maximum absolute atomic E-state index is 13.9. The molecule has 1 aliphatic heterocycles. The summed E-state index contributed by atoms with van der Waals surface area (Å²) in [6.07, 6.45) is 4.22. The largest absolute Gasteiger partial charge is 0.352 e. The van der Waals surface area contributed by atoms with Crippen molar-refractivity contribution in [3.8, 4) is 0 Å². The van der Waals surface area contributed by atoms with Crippen LogP contribution in [0.15, 0.2) is 41.7 Å². The molecule has 0 bridgehead atoms. The number of hydrogen-bond acceptors (Lipinski definition) is 4.